The number of aromatic amines is 1. The number of likely N-dealkylation sites (tertiary alicyclic amines) is 1. The number of hydrogen-bond donors (Lipinski definition) is 2. The number of carbonyl (C=O) groups excluding carboxylic acids is 1. The average Bonchev–Trinajstić information content (AvgIpc) is 3.23. The molecule has 1 atom stereocenters. The molecule has 1 aromatic heterocycles. The van der Waals surface area contributed by atoms with Crippen LogP contribution in [0.15, 0.2) is 30.7 Å². The van der Waals surface area contributed by atoms with Gasteiger partial charge in [0.1, 0.15) is 11.5 Å². The summed E-state index contributed by atoms with van der Waals surface area (Å²) in [4.78, 5) is 22.0. The Labute approximate surface area is 166 Å². The highest BCUT2D eigenvalue weighted by molar-refractivity contribution is 5.75. The Hall–Kier alpha value is -2.54. The lowest BCUT2D eigenvalue weighted by atomic mass is 9.93. The molecular formula is C21H30N4O3. The van der Waals surface area contributed by atoms with Gasteiger partial charge in [0, 0.05) is 49.6 Å². The smallest absolute Gasteiger partial charge is 0.220 e. The molecule has 0 bridgehead atoms. The number of nitrogens with one attached hydrogen (secondary N) is 2. The van der Waals surface area contributed by atoms with E-state index >= 15 is 0 Å². The van der Waals surface area contributed by atoms with Crippen molar-refractivity contribution in [2.45, 2.75) is 38.8 Å². The maximum Gasteiger partial charge on any atom is 0.220 e. The number of amides is 1. The van der Waals surface area contributed by atoms with Gasteiger partial charge in [0.05, 0.1) is 20.5 Å². The van der Waals surface area contributed by atoms with E-state index < -0.39 is 0 Å². The molecule has 1 aliphatic heterocycles. The van der Waals surface area contributed by atoms with Gasteiger partial charge < -0.3 is 19.8 Å². The first-order valence-corrected chi connectivity index (χ1v) is 9.85. The second-order valence-electron chi connectivity index (χ2n) is 7.31. The van der Waals surface area contributed by atoms with Gasteiger partial charge in [-0.25, -0.2) is 4.98 Å². The molecule has 152 valence electrons. The van der Waals surface area contributed by atoms with Crippen molar-refractivity contribution < 1.29 is 14.3 Å². The lowest BCUT2D eigenvalue weighted by Crippen LogP contribution is -2.35. The van der Waals surface area contributed by atoms with Gasteiger partial charge in [0.2, 0.25) is 5.91 Å². The number of ether oxygens (including phenoxy) is 2. The molecule has 2 heterocycles. The van der Waals surface area contributed by atoms with Crippen LogP contribution in [0.2, 0.25) is 0 Å². The van der Waals surface area contributed by atoms with E-state index in [1.807, 2.05) is 24.4 Å². The summed E-state index contributed by atoms with van der Waals surface area (Å²) in [5, 5.41) is 3.01. The van der Waals surface area contributed by atoms with Crippen LogP contribution in [-0.2, 0) is 17.9 Å². The molecule has 0 unspecified atom stereocenters. The minimum absolute atomic E-state index is 0.0866. The van der Waals surface area contributed by atoms with Gasteiger partial charge in [0.25, 0.3) is 0 Å². The summed E-state index contributed by atoms with van der Waals surface area (Å²) in [7, 11) is 3.25. The summed E-state index contributed by atoms with van der Waals surface area (Å²) in [5.41, 5.74) is 2.09. The highest BCUT2D eigenvalue weighted by atomic mass is 16.5. The average molecular weight is 386 g/mol. The van der Waals surface area contributed by atoms with Gasteiger partial charge in [-0.3, -0.25) is 9.69 Å². The number of aromatic nitrogens is 2. The van der Waals surface area contributed by atoms with Crippen molar-refractivity contribution in [3.05, 3.63) is 42.0 Å². The third-order valence-electron chi connectivity index (χ3n) is 5.30. The molecule has 0 spiro atoms. The van der Waals surface area contributed by atoms with Crippen molar-refractivity contribution in [2.24, 2.45) is 5.92 Å². The van der Waals surface area contributed by atoms with Crippen molar-refractivity contribution in [2.75, 3.05) is 27.3 Å². The molecule has 2 N–H and O–H groups in total. The SMILES string of the molecule is COc1ccc(CNC(=O)CC[C@H]2CCCN(Cc3cnc[nH]3)C2)c(OC)c1. The molecule has 1 aliphatic rings. The van der Waals surface area contributed by atoms with Crippen LogP contribution in [0.4, 0.5) is 0 Å². The predicted octanol–water partition coefficient (Wildman–Crippen LogP) is 2.74. The van der Waals surface area contributed by atoms with E-state index in [0.717, 1.165) is 48.8 Å². The summed E-state index contributed by atoms with van der Waals surface area (Å²) in [6.07, 6.45) is 7.46. The van der Waals surface area contributed by atoms with Crippen molar-refractivity contribution >= 4 is 5.91 Å². The van der Waals surface area contributed by atoms with Crippen molar-refractivity contribution in [3.8, 4) is 11.5 Å². The summed E-state index contributed by atoms with van der Waals surface area (Å²) in [6.45, 7) is 3.51. The van der Waals surface area contributed by atoms with Gasteiger partial charge in [-0.2, -0.15) is 0 Å². The third kappa shape index (κ3) is 5.73. The fourth-order valence-electron chi connectivity index (χ4n) is 3.76. The molecule has 2 aromatic rings. The van der Waals surface area contributed by atoms with Crippen LogP contribution in [-0.4, -0.2) is 48.1 Å². The molecule has 0 saturated carbocycles. The lowest BCUT2D eigenvalue weighted by molar-refractivity contribution is -0.121. The van der Waals surface area contributed by atoms with E-state index in [-0.39, 0.29) is 5.91 Å². The topological polar surface area (TPSA) is 79.5 Å². The monoisotopic (exact) mass is 386 g/mol. The standard InChI is InChI=1S/C21H30N4O3/c1-27-19-7-6-17(20(10-19)28-2)11-23-21(26)8-5-16-4-3-9-25(13-16)14-18-12-22-15-24-18/h6-7,10,12,15-16H,3-5,8-9,11,13-14H2,1-2H3,(H,22,24)(H,23,26)/t16-/m1/s1. The number of hydrogen-bond acceptors (Lipinski definition) is 5. The number of rotatable bonds is 9. The van der Waals surface area contributed by atoms with Gasteiger partial charge in [-0.15, -0.1) is 0 Å². The summed E-state index contributed by atoms with van der Waals surface area (Å²) in [5.74, 6) is 2.12. The number of carbonyl (C=O) groups is 1. The Morgan fingerprint density at radius 3 is 3.00 bits per heavy atom. The first-order chi connectivity index (χ1) is 13.7. The zero-order valence-electron chi connectivity index (χ0n) is 16.7. The Kier molecular flexibility index (Phi) is 7.31. The maximum atomic E-state index is 12.3. The second kappa shape index (κ2) is 10.1. The number of piperidine rings is 1. The molecule has 28 heavy (non-hydrogen) atoms. The minimum atomic E-state index is 0.0866. The first-order valence-electron chi connectivity index (χ1n) is 9.85. The number of imidazole rings is 1. The highest BCUT2D eigenvalue weighted by Gasteiger charge is 2.21. The molecular weight excluding hydrogens is 356 g/mol. The molecule has 7 heteroatoms. The normalized spacial score (nSPS) is 17.3. The number of nitrogens with zero attached hydrogens (tertiary/aromatic N) is 2. The van der Waals surface area contributed by atoms with E-state index in [1.165, 1.54) is 12.8 Å². The molecule has 0 radical (unpaired) electrons. The Balaban J connectivity index is 1.41. The second-order valence-corrected chi connectivity index (χ2v) is 7.31. The predicted molar refractivity (Wildman–Crippen MR) is 107 cm³/mol. The lowest BCUT2D eigenvalue weighted by Gasteiger charge is -2.32. The van der Waals surface area contributed by atoms with E-state index in [2.05, 4.69) is 20.2 Å². The fraction of sp³-hybridized carbons (Fsp3) is 0.524. The molecule has 1 aromatic carbocycles. The fourth-order valence-corrected chi connectivity index (χ4v) is 3.76. The largest absolute Gasteiger partial charge is 0.497 e. The third-order valence-corrected chi connectivity index (χ3v) is 5.30. The minimum Gasteiger partial charge on any atom is -0.497 e. The summed E-state index contributed by atoms with van der Waals surface area (Å²) < 4.78 is 10.6. The van der Waals surface area contributed by atoms with Crippen LogP contribution in [0.25, 0.3) is 0 Å². The van der Waals surface area contributed by atoms with Gasteiger partial charge >= 0.3 is 0 Å². The van der Waals surface area contributed by atoms with Crippen molar-refractivity contribution in [3.63, 3.8) is 0 Å². The number of H-pyrrole nitrogens is 1. The van der Waals surface area contributed by atoms with Crippen LogP contribution in [0.3, 0.4) is 0 Å². The van der Waals surface area contributed by atoms with Crippen LogP contribution >= 0.6 is 0 Å². The van der Waals surface area contributed by atoms with Gasteiger partial charge in [-0.05, 0) is 43.9 Å². The Morgan fingerprint density at radius 2 is 2.25 bits per heavy atom. The van der Waals surface area contributed by atoms with Crippen molar-refractivity contribution in [1.82, 2.24) is 20.2 Å². The quantitative estimate of drug-likeness (QED) is 0.693. The zero-order chi connectivity index (χ0) is 19.8. The summed E-state index contributed by atoms with van der Waals surface area (Å²) >= 11 is 0. The van der Waals surface area contributed by atoms with Crippen molar-refractivity contribution in [1.29, 1.82) is 0 Å². The van der Waals surface area contributed by atoms with E-state index in [9.17, 15) is 4.79 Å². The molecule has 1 fully saturated rings. The molecule has 0 aliphatic carbocycles. The van der Waals surface area contributed by atoms with Crippen LogP contribution in [0.1, 0.15) is 36.9 Å². The van der Waals surface area contributed by atoms with Crippen LogP contribution < -0.4 is 14.8 Å². The summed E-state index contributed by atoms with van der Waals surface area (Å²) in [6, 6.07) is 5.63. The molecule has 1 saturated heterocycles. The Bertz CT molecular complexity index is 748. The van der Waals surface area contributed by atoms with E-state index in [0.29, 0.717) is 18.9 Å². The van der Waals surface area contributed by atoms with E-state index in [4.69, 9.17) is 9.47 Å². The number of benzene rings is 1. The molecule has 1 amide bonds. The van der Waals surface area contributed by atoms with Gasteiger partial charge in [-0.1, -0.05) is 0 Å². The van der Waals surface area contributed by atoms with E-state index in [1.54, 1.807) is 20.5 Å². The first kappa shape index (κ1) is 20.2. The van der Waals surface area contributed by atoms with Crippen LogP contribution in [0.5, 0.6) is 11.5 Å². The zero-order valence-corrected chi connectivity index (χ0v) is 16.7. The van der Waals surface area contributed by atoms with Crippen LogP contribution in [0, 0.1) is 5.92 Å². The highest BCUT2D eigenvalue weighted by Crippen LogP contribution is 2.25. The Morgan fingerprint density at radius 1 is 1.36 bits per heavy atom. The molecule has 7 nitrogen and oxygen atoms in total. The number of methoxy groups -OCH3 is 2. The molecule has 3 rings (SSSR count). The maximum absolute atomic E-state index is 12.3. The van der Waals surface area contributed by atoms with Gasteiger partial charge in [0.15, 0.2) is 0 Å².